The molecule has 0 bridgehead atoms. The lowest BCUT2D eigenvalue weighted by Crippen LogP contribution is -2.36. The van der Waals surface area contributed by atoms with Gasteiger partial charge in [0, 0.05) is 23.1 Å². The van der Waals surface area contributed by atoms with E-state index in [4.69, 9.17) is 27.9 Å². The van der Waals surface area contributed by atoms with Crippen LogP contribution in [0.1, 0.15) is 0 Å². The van der Waals surface area contributed by atoms with Crippen molar-refractivity contribution < 1.29 is 13.2 Å². The van der Waals surface area contributed by atoms with Crippen LogP contribution >= 0.6 is 23.2 Å². The molecule has 2 aromatic rings. The number of hydrogen-bond acceptors (Lipinski definition) is 4. The molecule has 0 amide bonds. The maximum atomic E-state index is 12.7. The Balaban J connectivity index is 1.92. The predicted molar refractivity (Wildman–Crippen MR) is 96.7 cm³/mol. The number of halogens is 2. The van der Waals surface area contributed by atoms with E-state index in [9.17, 15) is 8.42 Å². The second-order valence-corrected chi connectivity index (χ2v) is 7.88. The molecule has 0 saturated carbocycles. The van der Waals surface area contributed by atoms with Gasteiger partial charge in [0.05, 0.1) is 29.5 Å². The molecule has 3 rings (SSSR count). The van der Waals surface area contributed by atoms with E-state index in [1.165, 1.54) is 18.2 Å². The molecule has 0 unspecified atom stereocenters. The van der Waals surface area contributed by atoms with Crippen LogP contribution in [-0.2, 0) is 14.8 Å². The fourth-order valence-electron chi connectivity index (χ4n) is 2.53. The molecule has 1 heterocycles. The summed E-state index contributed by atoms with van der Waals surface area (Å²) in [5.41, 5.74) is 1.33. The van der Waals surface area contributed by atoms with Crippen molar-refractivity contribution in [1.29, 1.82) is 0 Å². The van der Waals surface area contributed by atoms with Gasteiger partial charge in [0.1, 0.15) is 0 Å². The number of ether oxygens (including phenoxy) is 1. The van der Waals surface area contributed by atoms with Gasteiger partial charge in [0.2, 0.25) is 0 Å². The Kier molecular flexibility index (Phi) is 5.20. The first-order valence-corrected chi connectivity index (χ1v) is 9.60. The topological polar surface area (TPSA) is 58.6 Å². The van der Waals surface area contributed by atoms with Gasteiger partial charge in [-0.3, -0.25) is 4.72 Å². The quantitative estimate of drug-likeness (QED) is 0.871. The molecule has 1 saturated heterocycles. The highest BCUT2D eigenvalue weighted by atomic mass is 35.5. The molecule has 0 radical (unpaired) electrons. The van der Waals surface area contributed by atoms with E-state index >= 15 is 0 Å². The van der Waals surface area contributed by atoms with Crippen LogP contribution in [0.4, 0.5) is 11.4 Å². The van der Waals surface area contributed by atoms with Crippen LogP contribution in [0.25, 0.3) is 0 Å². The highest BCUT2D eigenvalue weighted by molar-refractivity contribution is 7.92. The first-order valence-electron chi connectivity index (χ1n) is 7.36. The zero-order valence-electron chi connectivity index (χ0n) is 12.7. The predicted octanol–water partition coefficient (Wildman–Crippen LogP) is 3.63. The minimum Gasteiger partial charge on any atom is -0.378 e. The third kappa shape index (κ3) is 3.95. The van der Waals surface area contributed by atoms with Crippen LogP contribution in [0, 0.1) is 0 Å². The third-order valence-electron chi connectivity index (χ3n) is 3.65. The van der Waals surface area contributed by atoms with E-state index in [1.807, 2.05) is 12.1 Å². The van der Waals surface area contributed by atoms with Crippen molar-refractivity contribution in [2.75, 3.05) is 35.9 Å². The second kappa shape index (κ2) is 7.19. The van der Waals surface area contributed by atoms with Gasteiger partial charge in [-0.15, -0.1) is 0 Å². The average Bonchev–Trinajstić information content (AvgIpc) is 2.55. The lowest BCUT2D eigenvalue weighted by atomic mass is 10.2. The minimum atomic E-state index is -3.80. The van der Waals surface area contributed by atoms with Crippen molar-refractivity contribution in [2.45, 2.75) is 4.90 Å². The van der Waals surface area contributed by atoms with E-state index in [1.54, 1.807) is 12.1 Å². The molecule has 1 fully saturated rings. The molecule has 5 nitrogen and oxygen atoms in total. The highest BCUT2D eigenvalue weighted by Crippen LogP contribution is 2.30. The van der Waals surface area contributed by atoms with Crippen LogP contribution in [-0.4, -0.2) is 34.7 Å². The number of sulfonamides is 1. The van der Waals surface area contributed by atoms with Gasteiger partial charge in [-0.05, 0) is 30.3 Å². The first kappa shape index (κ1) is 17.4. The fourth-order valence-corrected chi connectivity index (χ4v) is 4.33. The van der Waals surface area contributed by atoms with Crippen LogP contribution in [0.5, 0.6) is 0 Å². The van der Waals surface area contributed by atoms with E-state index in [2.05, 4.69) is 9.62 Å². The molecular formula is C16H16Cl2N2O3S. The number of morpholine rings is 1. The molecule has 0 aliphatic carbocycles. The lowest BCUT2D eigenvalue weighted by molar-refractivity contribution is 0.123. The van der Waals surface area contributed by atoms with E-state index in [-0.39, 0.29) is 14.9 Å². The number of nitrogens with one attached hydrogen (secondary N) is 1. The highest BCUT2D eigenvalue weighted by Gasteiger charge is 2.20. The number of rotatable bonds is 4. The average molecular weight is 387 g/mol. The van der Waals surface area contributed by atoms with Gasteiger partial charge in [-0.25, -0.2) is 8.42 Å². The summed E-state index contributed by atoms with van der Waals surface area (Å²) < 4.78 is 33.3. The van der Waals surface area contributed by atoms with Crippen molar-refractivity contribution in [3.63, 3.8) is 0 Å². The molecule has 8 heteroatoms. The summed E-state index contributed by atoms with van der Waals surface area (Å²) in [7, 11) is -3.80. The van der Waals surface area contributed by atoms with E-state index in [0.29, 0.717) is 32.0 Å². The Bertz CT molecular complexity index is 817. The van der Waals surface area contributed by atoms with Crippen LogP contribution in [0.2, 0.25) is 10.0 Å². The lowest BCUT2D eigenvalue weighted by Gasteiger charge is -2.30. The van der Waals surface area contributed by atoms with Gasteiger partial charge >= 0.3 is 0 Å². The molecule has 2 aromatic carbocycles. The van der Waals surface area contributed by atoms with Gasteiger partial charge in [0.15, 0.2) is 0 Å². The number of hydrogen-bond donors (Lipinski definition) is 1. The monoisotopic (exact) mass is 386 g/mol. The summed E-state index contributed by atoms with van der Waals surface area (Å²) in [5.74, 6) is 0. The molecule has 0 atom stereocenters. The zero-order valence-corrected chi connectivity index (χ0v) is 15.0. The molecule has 1 aliphatic rings. The molecule has 1 aliphatic heterocycles. The molecule has 0 spiro atoms. The number of anilines is 2. The van der Waals surface area contributed by atoms with Crippen molar-refractivity contribution in [3.05, 3.63) is 52.5 Å². The standard InChI is InChI=1S/C16H16Cl2N2O3S/c17-12-9-13(18)11-14(10-12)24(21,22)19-15-3-1-2-4-16(15)20-5-7-23-8-6-20/h1-4,9-11,19H,5-8H2. The normalized spacial score (nSPS) is 15.3. The Morgan fingerprint density at radius 1 is 1.00 bits per heavy atom. The Morgan fingerprint density at radius 3 is 2.29 bits per heavy atom. The molecule has 0 aromatic heterocycles. The third-order valence-corrected chi connectivity index (χ3v) is 5.43. The number of nitrogens with zero attached hydrogens (tertiary/aromatic N) is 1. The van der Waals surface area contributed by atoms with Gasteiger partial charge < -0.3 is 9.64 Å². The summed E-state index contributed by atoms with van der Waals surface area (Å²) in [6, 6.07) is 11.5. The van der Waals surface area contributed by atoms with Crippen LogP contribution in [0.15, 0.2) is 47.4 Å². The SMILES string of the molecule is O=S(=O)(Nc1ccccc1N1CCOCC1)c1cc(Cl)cc(Cl)c1. The minimum absolute atomic E-state index is 0.0248. The van der Waals surface area contributed by atoms with Crippen molar-refractivity contribution in [3.8, 4) is 0 Å². The van der Waals surface area contributed by atoms with Crippen LogP contribution in [0.3, 0.4) is 0 Å². The molecular weight excluding hydrogens is 371 g/mol. The molecule has 128 valence electrons. The van der Waals surface area contributed by atoms with Gasteiger partial charge in [-0.2, -0.15) is 0 Å². The molecule has 24 heavy (non-hydrogen) atoms. The Morgan fingerprint density at radius 2 is 1.62 bits per heavy atom. The molecule has 1 N–H and O–H groups in total. The number of para-hydroxylation sites is 2. The van der Waals surface area contributed by atoms with E-state index < -0.39 is 10.0 Å². The summed E-state index contributed by atoms with van der Waals surface area (Å²) in [6.45, 7) is 2.65. The van der Waals surface area contributed by atoms with Crippen LogP contribution < -0.4 is 9.62 Å². The summed E-state index contributed by atoms with van der Waals surface area (Å²) >= 11 is 11.8. The van der Waals surface area contributed by atoms with Crippen molar-refractivity contribution in [1.82, 2.24) is 0 Å². The van der Waals surface area contributed by atoms with E-state index in [0.717, 1.165) is 5.69 Å². The smallest absolute Gasteiger partial charge is 0.262 e. The largest absolute Gasteiger partial charge is 0.378 e. The Hall–Kier alpha value is -1.47. The zero-order chi connectivity index (χ0) is 17.2. The van der Waals surface area contributed by atoms with Crippen molar-refractivity contribution in [2.24, 2.45) is 0 Å². The van der Waals surface area contributed by atoms with Gasteiger partial charge in [-0.1, -0.05) is 35.3 Å². The van der Waals surface area contributed by atoms with Gasteiger partial charge in [0.25, 0.3) is 10.0 Å². The maximum Gasteiger partial charge on any atom is 0.262 e. The summed E-state index contributed by atoms with van der Waals surface area (Å²) in [6.07, 6.45) is 0. The van der Waals surface area contributed by atoms with Crippen molar-refractivity contribution >= 4 is 44.6 Å². The summed E-state index contributed by atoms with van der Waals surface area (Å²) in [4.78, 5) is 2.11. The number of benzene rings is 2. The first-order chi connectivity index (χ1) is 11.5. The summed E-state index contributed by atoms with van der Waals surface area (Å²) in [5, 5.41) is 0.536. The second-order valence-electron chi connectivity index (χ2n) is 5.33. The maximum absolute atomic E-state index is 12.7. The Labute approximate surface area is 151 Å². The fraction of sp³-hybridized carbons (Fsp3) is 0.250.